The summed E-state index contributed by atoms with van der Waals surface area (Å²) in [5.41, 5.74) is 4.02. The van der Waals surface area contributed by atoms with Crippen LogP contribution in [0.4, 0.5) is 9.59 Å². The molecule has 7 atom stereocenters. The van der Waals surface area contributed by atoms with Crippen molar-refractivity contribution in [3.8, 4) is 23.0 Å². The van der Waals surface area contributed by atoms with Crippen molar-refractivity contribution in [2.24, 2.45) is 22.9 Å². The fourth-order valence-corrected chi connectivity index (χ4v) is 10.5. The van der Waals surface area contributed by atoms with Gasteiger partial charge in [0.05, 0.1) is 38.1 Å². The first-order valence-corrected chi connectivity index (χ1v) is 24.6. The van der Waals surface area contributed by atoms with Crippen LogP contribution in [0.3, 0.4) is 0 Å². The number of amides is 2. The molecule has 372 valence electrons. The van der Waals surface area contributed by atoms with Gasteiger partial charge in [0.1, 0.15) is 24.1 Å². The Hall–Kier alpha value is -5.65. The van der Waals surface area contributed by atoms with Crippen molar-refractivity contribution < 1.29 is 62.5 Å². The third-order valence-electron chi connectivity index (χ3n) is 13.6. The van der Waals surface area contributed by atoms with Crippen LogP contribution in [0.25, 0.3) is 0 Å². The number of aliphatic hydroxyl groups is 2. The molecule has 8 rings (SSSR count). The molecule has 3 aromatic rings. The minimum Gasteiger partial charge on any atom is -0.459 e. The Labute approximate surface area is 404 Å². The predicted molar refractivity (Wildman–Crippen MR) is 255 cm³/mol. The minimum atomic E-state index is -1.58. The normalized spacial score (nSPS) is 24.8. The number of nitrogens with zero attached hydrogens (tertiary/aromatic N) is 2. The molecular weight excluding hydrogens is 887 g/mol. The van der Waals surface area contributed by atoms with E-state index in [1.54, 1.807) is 23.1 Å². The van der Waals surface area contributed by atoms with Gasteiger partial charge in [0, 0.05) is 50.6 Å². The number of rotatable bonds is 23. The third kappa shape index (κ3) is 11.9. The number of aliphatic hydroxyl groups excluding tert-OH is 2. The van der Waals surface area contributed by atoms with Crippen LogP contribution in [0.1, 0.15) is 93.7 Å². The number of carbonyl (C=O) groups excluding carboxylic acids is 2. The lowest BCUT2D eigenvalue weighted by atomic mass is 9.55. The molecule has 7 unspecified atom stereocenters. The van der Waals surface area contributed by atoms with Gasteiger partial charge in [-0.25, -0.2) is 9.59 Å². The maximum absolute atomic E-state index is 15.1. The summed E-state index contributed by atoms with van der Waals surface area (Å²) in [7, 11) is 0. The molecule has 16 heteroatoms. The van der Waals surface area contributed by atoms with E-state index in [4.69, 9.17) is 47.9 Å². The Bertz CT molecular complexity index is 2250. The highest BCUT2D eigenvalue weighted by Crippen LogP contribution is 2.62. The first-order chi connectivity index (χ1) is 33.8. The number of hydrogen-bond acceptors (Lipinski definition) is 14. The van der Waals surface area contributed by atoms with Gasteiger partial charge in [-0.15, -0.1) is 6.58 Å². The Kier molecular flexibility index (Phi) is 17.5. The number of nitrogens with one attached hydrogen (secondary N) is 1. The summed E-state index contributed by atoms with van der Waals surface area (Å²) in [6, 6.07) is 19.9. The monoisotopic (exact) mass is 953 g/mol. The highest BCUT2D eigenvalue weighted by molar-refractivity contribution is 6.03. The van der Waals surface area contributed by atoms with E-state index < -0.39 is 36.2 Å². The average molecular weight is 954 g/mol. The van der Waals surface area contributed by atoms with Crippen molar-refractivity contribution in [2.75, 3.05) is 53.0 Å². The molecule has 5 aliphatic rings. The number of ether oxygens (including phenoxy) is 8. The Morgan fingerprint density at radius 2 is 1.75 bits per heavy atom. The molecule has 2 aliphatic carbocycles. The smallest absolute Gasteiger partial charge is 0.412 e. The first-order valence-electron chi connectivity index (χ1n) is 24.6. The predicted octanol–water partition coefficient (Wildman–Crippen LogP) is 8.54. The van der Waals surface area contributed by atoms with Gasteiger partial charge < -0.3 is 58.3 Å². The number of allylic oxidation sites excluding steroid dienone is 1. The lowest BCUT2D eigenvalue weighted by Gasteiger charge is -2.59. The zero-order valence-corrected chi connectivity index (χ0v) is 39.6. The lowest BCUT2D eigenvalue weighted by Crippen LogP contribution is -2.70. The quantitative estimate of drug-likeness (QED) is 0.0467. The van der Waals surface area contributed by atoms with E-state index in [0.29, 0.717) is 67.7 Å². The van der Waals surface area contributed by atoms with E-state index in [1.165, 1.54) is 0 Å². The van der Waals surface area contributed by atoms with Crippen LogP contribution in [0.15, 0.2) is 96.2 Å². The summed E-state index contributed by atoms with van der Waals surface area (Å²) in [6.07, 6.45) is 9.09. The molecule has 2 amide bonds. The van der Waals surface area contributed by atoms with Gasteiger partial charge in [0.15, 0.2) is 11.5 Å². The molecule has 0 bridgehead atoms. The summed E-state index contributed by atoms with van der Waals surface area (Å²) in [5, 5.41) is 27.7. The van der Waals surface area contributed by atoms with E-state index in [2.05, 4.69) is 18.0 Å². The molecule has 3 N–H and O–H groups in total. The largest absolute Gasteiger partial charge is 0.459 e. The highest BCUT2D eigenvalue weighted by Gasteiger charge is 2.66. The second-order valence-corrected chi connectivity index (χ2v) is 18.1. The number of fused-ring (bicyclic) bond motifs is 3. The molecule has 1 saturated heterocycles. The Morgan fingerprint density at radius 3 is 2.54 bits per heavy atom. The van der Waals surface area contributed by atoms with Gasteiger partial charge in [-0.05, 0) is 104 Å². The van der Waals surface area contributed by atoms with E-state index in [-0.39, 0.29) is 70.5 Å². The summed E-state index contributed by atoms with van der Waals surface area (Å²) in [6.45, 7) is 7.61. The fourth-order valence-electron chi connectivity index (χ4n) is 10.5. The molecule has 3 heterocycles. The summed E-state index contributed by atoms with van der Waals surface area (Å²) < 4.78 is 50.0. The van der Waals surface area contributed by atoms with Crippen molar-refractivity contribution in [1.29, 1.82) is 0 Å². The molecule has 0 radical (unpaired) electrons. The summed E-state index contributed by atoms with van der Waals surface area (Å²) in [4.78, 5) is 36.0. The van der Waals surface area contributed by atoms with Crippen molar-refractivity contribution in [1.82, 2.24) is 10.2 Å². The first kappa shape index (κ1) is 49.8. The van der Waals surface area contributed by atoms with Crippen molar-refractivity contribution in [2.45, 2.75) is 108 Å². The van der Waals surface area contributed by atoms with Crippen LogP contribution in [0, 0.1) is 17.8 Å². The van der Waals surface area contributed by atoms with Crippen LogP contribution < -0.4 is 24.3 Å². The van der Waals surface area contributed by atoms with Crippen LogP contribution in [-0.4, -0.2) is 104 Å². The van der Waals surface area contributed by atoms with Crippen molar-refractivity contribution >= 4 is 17.9 Å². The van der Waals surface area contributed by atoms with Crippen LogP contribution in [0.5, 0.6) is 23.0 Å². The summed E-state index contributed by atoms with van der Waals surface area (Å²) in [5.74, 6) is -0.617. The zero-order chi connectivity index (χ0) is 48.0. The summed E-state index contributed by atoms with van der Waals surface area (Å²) >= 11 is 0. The fraction of sp³-hybridized carbons (Fsp3) is 0.528. The molecule has 69 heavy (non-hydrogen) atoms. The molecule has 0 aromatic heterocycles. The Balaban J connectivity index is 1.27. The second-order valence-electron chi connectivity index (χ2n) is 18.1. The van der Waals surface area contributed by atoms with Gasteiger partial charge in [-0.3, -0.25) is 4.90 Å². The van der Waals surface area contributed by atoms with Crippen molar-refractivity contribution in [3.63, 3.8) is 0 Å². The molecule has 3 aliphatic heterocycles. The Morgan fingerprint density at radius 1 is 0.942 bits per heavy atom. The molecular formula is C53H67N3O13. The second kappa shape index (κ2) is 24.3. The SMILES string of the molecule is C=CCOC12Oc3ccc(OC(=O)NCC)cc3C3C(CCCCO)C(CCCCO)C=C(C(=NOC4CCCCO4)CC1N(Cc1ccc4c(c1)OCO4)C(=O)OCCOCc1ccccc1)C32. The molecule has 1 saturated carbocycles. The minimum absolute atomic E-state index is 0.0132. The van der Waals surface area contributed by atoms with Gasteiger partial charge >= 0.3 is 12.2 Å². The van der Waals surface area contributed by atoms with Gasteiger partial charge in [0.2, 0.25) is 18.9 Å². The standard InChI is InChI=1S/C53H67N3O13/c1-3-25-66-53-47(56(33-37-19-21-45-46(29-37)65-35-64-45)52(60)63-28-27-61-34-36-14-6-5-7-15-36)32-43(55-69-48-18-10-13-26-62-48)41-30-38(16-8-11-23-57)40(17-9-12-24-58)49(50(41)53)42-31-39(20-22-44(42)68-53)67-51(59)54-4-2/h3,5-7,14-15,19-22,29-31,38,40,47-50,57-58H,1,4,8-13,16-18,23-28,32-35H2,2H3,(H,54,59). The topological polar surface area (TPSA) is 185 Å². The third-order valence-corrected chi connectivity index (χ3v) is 13.6. The number of hydrogen-bond donors (Lipinski definition) is 3. The molecule has 16 nitrogen and oxygen atoms in total. The van der Waals surface area contributed by atoms with E-state index >= 15 is 4.79 Å². The zero-order valence-electron chi connectivity index (χ0n) is 39.6. The van der Waals surface area contributed by atoms with Gasteiger partial charge in [0.25, 0.3) is 0 Å². The van der Waals surface area contributed by atoms with Gasteiger partial charge in [-0.1, -0.05) is 66.5 Å². The van der Waals surface area contributed by atoms with Crippen LogP contribution >= 0.6 is 0 Å². The molecule has 2 fully saturated rings. The van der Waals surface area contributed by atoms with Crippen LogP contribution in [0.2, 0.25) is 0 Å². The maximum atomic E-state index is 15.1. The number of unbranched alkanes of at least 4 members (excludes halogenated alkanes) is 2. The average Bonchev–Trinajstić information content (AvgIpc) is 3.84. The number of oxime groups is 1. The van der Waals surface area contributed by atoms with Crippen molar-refractivity contribution in [3.05, 3.63) is 108 Å². The maximum Gasteiger partial charge on any atom is 0.412 e. The van der Waals surface area contributed by atoms with Gasteiger partial charge in [-0.2, -0.15) is 0 Å². The van der Waals surface area contributed by atoms with Crippen LogP contribution in [-0.2, 0) is 36.9 Å². The molecule has 3 aromatic carbocycles. The van der Waals surface area contributed by atoms with E-state index in [1.807, 2.05) is 61.5 Å². The van der Waals surface area contributed by atoms with E-state index in [9.17, 15) is 15.0 Å². The number of benzene rings is 3. The van der Waals surface area contributed by atoms with E-state index in [0.717, 1.165) is 60.8 Å². The molecule has 0 spiro atoms. The lowest BCUT2D eigenvalue weighted by molar-refractivity contribution is -0.256. The highest BCUT2D eigenvalue weighted by atomic mass is 16.8. The number of carbonyl (C=O) groups is 2.